The third kappa shape index (κ3) is 5.75. The lowest BCUT2D eigenvalue weighted by Gasteiger charge is -2.19. The molecular weight excluding hydrogens is 338 g/mol. The topological polar surface area (TPSA) is 47.6 Å². The molecule has 0 aromatic heterocycles. The first kappa shape index (κ1) is 19.3. The molecule has 1 saturated carbocycles. The molecule has 0 atom stereocenters. The Morgan fingerprint density at radius 3 is 2.15 bits per heavy atom. The predicted octanol–water partition coefficient (Wildman–Crippen LogP) is 5.32. The SMILES string of the molecule is CC(C)(C)c1ccc(OCC(=O)Nc2ccc(OC3CCCC3)cc2)cc1. The van der Waals surface area contributed by atoms with Gasteiger partial charge in [0.15, 0.2) is 6.61 Å². The molecule has 1 N–H and O–H groups in total. The highest BCUT2D eigenvalue weighted by Crippen LogP contribution is 2.25. The van der Waals surface area contributed by atoms with Crippen molar-refractivity contribution in [3.63, 3.8) is 0 Å². The zero-order valence-corrected chi connectivity index (χ0v) is 16.5. The van der Waals surface area contributed by atoms with Crippen LogP contribution in [0.3, 0.4) is 0 Å². The van der Waals surface area contributed by atoms with Crippen LogP contribution in [-0.2, 0) is 10.2 Å². The molecule has 1 aliphatic carbocycles. The number of benzene rings is 2. The number of hydrogen-bond donors (Lipinski definition) is 1. The van der Waals surface area contributed by atoms with Crippen LogP contribution < -0.4 is 14.8 Å². The number of rotatable bonds is 6. The lowest BCUT2D eigenvalue weighted by atomic mass is 9.87. The highest BCUT2D eigenvalue weighted by molar-refractivity contribution is 5.91. The minimum absolute atomic E-state index is 0.0187. The Morgan fingerprint density at radius 1 is 0.963 bits per heavy atom. The van der Waals surface area contributed by atoms with Gasteiger partial charge in [-0.1, -0.05) is 32.9 Å². The van der Waals surface area contributed by atoms with Gasteiger partial charge in [0.2, 0.25) is 0 Å². The molecular formula is C23H29NO3. The monoisotopic (exact) mass is 367 g/mol. The van der Waals surface area contributed by atoms with Crippen LogP contribution in [0.25, 0.3) is 0 Å². The summed E-state index contributed by atoms with van der Waals surface area (Å²) in [6.07, 6.45) is 5.10. The summed E-state index contributed by atoms with van der Waals surface area (Å²) in [5.41, 5.74) is 2.08. The summed E-state index contributed by atoms with van der Waals surface area (Å²) in [6, 6.07) is 15.4. The molecule has 3 rings (SSSR count). The Morgan fingerprint density at radius 2 is 1.56 bits per heavy atom. The Kier molecular flexibility index (Phi) is 6.04. The maximum atomic E-state index is 12.1. The quantitative estimate of drug-likeness (QED) is 0.751. The number of nitrogens with one attached hydrogen (secondary N) is 1. The summed E-state index contributed by atoms with van der Waals surface area (Å²) in [4.78, 5) is 12.1. The lowest BCUT2D eigenvalue weighted by molar-refractivity contribution is -0.118. The minimum atomic E-state index is -0.181. The van der Waals surface area contributed by atoms with Gasteiger partial charge in [0.05, 0.1) is 6.10 Å². The smallest absolute Gasteiger partial charge is 0.262 e. The summed E-state index contributed by atoms with van der Waals surface area (Å²) in [5, 5.41) is 2.85. The van der Waals surface area contributed by atoms with Crippen LogP contribution >= 0.6 is 0 Å². The Bertz CT molecular complexity index is 739. The van der Waals surface area contributed by atoms with E-state index in [-0.39, 0.29) is 17.9 Å². The van der Waals surface area contributed by atoms with Crippen molar-refractivity contribution in [3.8, 4) is 11.5 Å². The molecule has 1 aliphatic rings. The number of carbonyl (C=O) groups is 1. The van der Waals surface area contributed by atoms with E-state index in [9.17, 15) is 4.79 Å². The van der Waals surface area contributed by atoms with Crippen LogP contribution in [0.2, 0.25) is 0 Å². The number of ether oxygens (including phenoxy) is 2. The minimum Gasteiger partial charge on any atom is -0.490 e. The van der Waals surface area contributed by atoms with Gasteiger partial charge in [0.1, 0.15) is 11.5 Å². The maximum Gasteiger partial charge on any atom is 0.262 e. The van der Waals surface area contributed by atoms with Crippen molar-refractivity contribution in [3.05, 3.63) is 54.1 Å². The van der Waals surface area contributed by atoms with E-state index >= 15 is 0 Å². The Labute approximate surface area is 161 Å². The molecule has 1 fully saturated rings. The van der Waals surface area contributed by atoms with E-state index in [0.717, 1.165) is 24.3 Å². The molecule has 4 nitrogen and oxygen atoms in total. The number of amides is 1. The van der Waals surface area contributed by atoms with Gasteiger partial charge in [-0.25, -0.2) is 0 Å². The van der Waals surface area contributed by atoms with E-state index < -0.39 is 0 Å². The van der Waals surface area contributed by atoms with Gasteiger partial charge in [-0.05, 0) is 73.1 Å². The third-order valence-electron chi connectivity index (χ3n) is 4.83. The summed E-state index contributed by atoms with van der Waals surface area (Å²) < 4.78 is 11.5. The molecule has 0 heterocycles. The van der Waals surface area contributed by atoms with Crippen molar-refractivity contribution in [2.75, 3.05) is 11.9 Å². The van der Waals surface area contributed by atoms with Gasteiger partial charge in [-0.3, -0.25) is 4.79 Å². The first-order chi connectivity index (χ1) is 12.9. The normalized spacial score (nSPS) is 14.8. The van der Waals surface area contributed by atoms with Crippen LogP contribution in [0.4, 0.5) is 5.69 Å². The third-order valence-corrected chi connectivity index (χ3v) is 4.83. The second-order valence-corrected chi connectivity index (χ2v) is 8.16. The van der Waals surface area contributed by atoms with Gasteiger partial charge in [0, 0.05) is 5.69 Å². The maximum absolute atomic E-state index is 12.1. The molecule has 0 unspecified atom stereocenters. The van der Waals surface area contributed by atoms with Crippen molar-refractivity contribution in [2.24, 2.45) is 0 Å². The lowest BCUT2D eigenvalue weighted by Crippen LogP contribution is -2.20. The average molecular weight is 367 g/mol. The van der Waals surface area contributed by atoms with E-state index in [1.807, 2.05) is 48.5 Å². The van der Waals surface area contributed by atoms with Gasteiger partial charge >= 0.3 is 0 Å². The van der Waals surface area contributed by atoms with Gasteiger partial charge in [-0.2, -0.15) is 0 Å². The molecule has 144 valence electrons. The number of hydrogen-bond acceptors (Lipinski definition) is 3. The summed E-state index contributed by atoms with van der Waals surface area (Å²) in [6.45, 7) is 6.48. The second-order valence-electron chi connectivity index (χ2n) is 8.16. The summed E-state index contributed by atoms with van der Waals surface area (Å²) in [5.74, 6) is 1.37. The largest absolute Gasteiger partial charge is 0.490 e. The molecule has 2 aromatic rings. The zero-order valence-electron chi connectivity index (χ0n) is 16.5. The van der Waals surface area contributed by atoms with Crippen LogP contribution in [0, 0.1) is 0 Å². The first-order valence-corrected chi connectivity index (χ1v) is 9.70. The molecule has 0 bridgehead atoms. The predicted molar refractivity (Wildman–Crippen MR) is 109 cm³/mol. The molecule has 0 radical (unpaired) electrons. The van der Waals surface area contributed by atoms with Gasteiger partial charge in [-0.15, -0.1) is 0 Å². The molecule has 4 heteroatoms. The van der Waals surface area contributed by atoms with Crippen molar-refractivity contribution >= 4 is 11.6 Å². The van der Waals surface area contributed by atoms with Crippen molar-refractivity contribution < 1.29 is 14.3 Å². The van der Waals surface area contributed by atoms with E-state index in [4.69, 9.17) is 9.47 Å². The Hall–Kier alpha value is -2.49. The molecule has 1 amide bonds. The van der Waals surface area contributed by atoms with Crippen molar-refractivity contribution in [1.82, 2.24) is 0 Å². The molecule has 0 aliphatic heterocycles. The summed E-state index contributed by atoms with van der Waals surface area (Å²) >= 11 is 0. The highest BCUT2D eigenvalue weighted by Gasteiger charge is 2.16. The van der Waals surface area contributed by atoms with Crippen molar-refractivity contribution in [2.45, 2.75) is 58.0 Å². The van der Waals surface area contributed by atoms with E-state index in [0.29, 0.717) is 11.9 Å². The van der Waals surface area contributed by atoms with Crippen LogP contribution in [-0.4, -0.2) is 18.6 Å². The van der Waals surface area contributed by atoms with E-state index in [1.165, 1.54) is 18.4 Å². The van der Waals surface area contributed by atoms with Crippen LogP contribution in [0.1, 0.15) is 52.0 Å². The fraction of sp³-hybridized carbons (Fsp3) is 0.435. The fourth-order valence-corrected chi connectivity index (χ4v) is 3.21. The number of carbonyl (C=O) groups excluding carboxylic acids is 1. The average Bonchev–Trinajstić information content (AvgIpc) is 3.14. The molecule has 0 spiro atoms. The zero-order chi connectivity index (χ0) is 19.3. The highest BCUT2D eigenvalue weighted by atomic mass is 16.5. The van der Waals surface area contributed by atoms with E-state index in [1.54, 1.807) is 0 Å². The first-order valence-electron chi connectivity index (χ1n) is 9.70. The molecule has 27 heavy (non-hydrogen) atoms. The fourth-order valence-electron chi connectivity index (χ4n) is 3.21. The standard InChI is InChI=1S/C23H29NO3/c1-23(2,3)17-8-12-19(13-9-17)26-16-22(25)24-18-10-14-21(15-11-18)27-20-6-4-5-7-20/h8-15,20H,4-7,16H2,1-3H3,(H,24,25). The van der Waals surface area contributed by atoms with Gasteiger partial charge < -0.3 is 14.8 Å². The second kappa shape index (κ2) is 8.47. The molecule has 0 saturated heterocycles. The van der Waals surface area contributed by atoms with Gasteiger partial charge in [0.25, 0.3) is 5.91 Å². The Balaban J connectivity index is 1.46. The van der Waals surface area contributed by atoms with Crippen molar-refractivity contribution in [1.29, 1.82) is 0 Å². The molecule has 2 aromatic carbocycles. The summed E-state index contributed by atoms with van der Waals surface area (Å²) in [7, 11) is 0. The van der Waals surface area contributed by atoms with Crippen LogP contribution in [0.5, 0.6) is 11.5 Å². The number of anilines is 1. The van der Waals surface area contributed by atoms with Crippen LogP contribution in [0.15, 0.2) is 48.5 Å². The van der Waals surface area contributed by atoms with E-state index in [2.05, 4.69) is 26.1 Å².